The molecule has 1 aromatic carbocycles. The Balaban J connectivity index is 2.46. The highest BCUT2D eigenvalue weighted by atomic mass is 16.3. The third-order valence-corrected chi connectivity index (χ3v) is 2.12. The first-order valence-electron chi connectivity index (χ1n) is 4.51. The quantitative estimate of drug-likeness (QED) is 0.742. The molecule has 78 valence electrons. The van der Waals surface area contributed by atoms with Crippen LogP contribution in [-0.2, 0) is 0 Å². The Hall–Kier alpha value is -2.61. The highest BCUT2D eigenvalue weighted by Gasteiger charge is 2.04. The second-order valence-corrected chi connectivity index (χ2v) is 3.17. The zero-order valence-corrected chi connectivity index (χ0v) is 8.25. The lowest BCUT2D eigenvalue weighted by Crippen LogP contribution is -1.93. The summed E-state index contributed by atoms with van der Waals surface area (Å²) >= 11 is 0. The van der Waals surface area contributed by atoms with E-state index in [2.05, 4.69) is 9.97 Å². The number of phenolic OH excluding ortho intramolecular Hbond substituents is 1. The molecule has 2 aromatic rings. The number of anilines is 1. The molecule has 5 heteroatoms. The molecule has 1 aromatic heterocycles. The van der Waals surface area contributed by atoms with Gasteiger partial charge < -0.3 is 10.8 Å². The third kappa shape index (κ3) is 1.77. The van der Waals surface area contributed by atoms with Crippen LogP contribution < -0.4 is 5.73 Å². The van der Waals surface area contributed by atoms with E-state index in [9.17, 15) is 5.11 Å². The molecule has 0 saturated carbocycles. The lowest BCUT2D eigenvalue weighted by atomic mass is 10.1. The number of benzene rings is 1. The first-order valence-corrected chi connectivity index (χ1v) is 4.51. The maximum absolute atomic E-state index is 9.52. The Bertz CT molecular complexity index is 557. The molecule has 0 saturated heterocycles. The van der Waals surface area contributed by atoms with E-state index in [0.717, 1.165) is 11.1 Å². The summed E-state index contributed by atoms with van der Waals surface area (Å²) in [6, 6.07) is 6.63. The second kappa shape index (κ2) is 3.87. The Morgan fingerprint density at radius 3 is 2.44 bits per heavy atom. The van der Waals surface area contributed by atoms with E-state index in [4.69, 9.17) is 11.0 Å². The standard InChI is InChI=1S/C11H8N4O/c12-4-8-2-1-7(3-10(8)16)9-5-14-11(13)15-6-9/h1-3,5-6,16H,(H2,13,14,15). The number of hydrogen-bond donors (Lipinski definition) is 2. The Morgan fingerprint density at radius 2 is 1.88 bits per heavy atom. The van der Waals surface area contributed by atoms with Crippen LogP contribution in [0, 0.1) is 11.3 Å². The Kier molecular flexibility index (Phi) is 2.40. The molecule has 0 fully saturated rings. The smallest absolute Gasteiger partial charge is 0.219 e. The maximum Gasteiger partial charge on any atom is 0.219 e. The first-order chi connectivity index (χ1) is 7.70. The zero-order chi connectivity index (χ0) is 11.5. The van der Waals surface area contributed by atoms with Gasteiger partial charge in [-0.05, 0) is 17.7 Å². The van der Waals surface area contributed by atoms with Gasteiger partial charge in [-0.3, -0.25) is 0 Å². The molecule has 0 aliphatic heterocycles. The van der Waals surface area contributed by atoms with Crippen LogP contribution >= 0.6 is 0 Å². The lowest BCUT2D eigenvalue weighted by molar-refractivity contribution is 0.474. The van der Waals surface area contributed by atoms with Crippen molar-refractivity contribution in [2.45, 2.75) is 0 Å². The van der Waals surface area contributed by atoms with Crippen molar-refractivity contribution in [3.05, 3.63) is 36.2 Å². The minimum atomic E-state index is -0.0585. The molecule has 0 aliphatic rings. The summed E-state index contributed by atoms with van der Waals surface area (Å²) in [5.41, 5.74) is 7.07. The van der Waals surface area contributed by atoms with Gasteiger partial charge in [0.05, 0.1) is 5.56 Å². The fraction of sp³-hybridized carbons (Fsp3) is 0. The number of nitrogens with zero attached hydrogens (tertiary/aromatic N) is 3. The molecule has 0 amide bonds. The molecule has 5 nitrogen and oxygen atoms in total. The second-order valence-electron chi connectivity index (χ2n) is 3.17. The minimum absolute atomic E-state index is 0.0585. The molecule has 16 heavy (non-hydrogen) atoms. The van der Waals surface area contributed by atoms with Gasteiger partial charge in [0, 0.05) is 18.0 Å². The number of nitrogen functional groups attached to an aromatic ring is 1. The largest absolute Gasteiger partial charge is 0.507 e. The van der Waals surface area contributed by atoms with Gasteiger partial charge in [0.25, 0.3) is 0 Å². The first kappa shape index (κ1) is 9.93. The van der Waals surface area contributed by atoms with Crippen molar-refractivity contribution in [2.24, 2.45) is 0 Å². The summed E-state index contributed by atoms with van der Waals surface area (Å²) in [4.78, 5) is 7.70. The highest BCUT2D eigenvalue weighted by molar-refractivity contribution is 5.65. The van der Waals surface area contributed by atoms with Crippen LogP contribution in [0.4, 0.5) is 5.95 Å². The van der Waals surface area contributed by atoms with Crippen LogP contribution in [0.5, 0.6) is 5.75 Å². The summed E-state index contributed by atoms with van der Waals surface area (Å²) < 4.78 is 0. The van der Waals surface area contributed by atoms with Crippen molar-refractivity contribution in [1.82, 2.24) is 9.97 Å². The van der Waals surface area contributed by atoms with Gasteiger partial charge in [-0.2, -0.15) is 5.26 Å². The lowest BCUT2D eigenvalue weighted by Gasteiger charge is -2.02. The number of phenols is 1. The molecule has 1 heterocycles. The van der Waals surface area contributed by atoms with Gasteiger partial charge in [0.2, 0.25) is 5.95 Å². The topological polar surface area (TPSA) is 95.8 Å². The van der Waals surface area contributed by atoms with Crippen molar-refractivity contribution < 1.29 is 5.11 Å². The average molecular weight is 212 g/mol. The van der Waals surface area contributed by atoms with Crippen molar-refractivity contribution >= 4 is 5.95 Å². The van der Waals surface area contributed by atoms with E-state index in [1.165, 1.54) is 6.07 Å². The van der Waals surface area contributed by atoms with Crippen LogP contribution in [0.3, 0.4) is 0 Å². The Morgan fingerprint density at radius 1 is 1.19 bits per heavy atom. The SMILES string of the molecule is N#Cc1ccc(-c2cnc(N)nc2)cc1O. The van der Waals surface area contributed by atoms with Gasteiger partial charge in [-0.15, -0.1) is 0 Å². The van der Waals surface area contributed by atoms with E-state index in [1.54, 1.807) is 24.5 Å². The van der Waals surface area contributed by atoms with Crippen LogP contribution in [0.2, 0.25) is 0 Å². The molecule has 0 radical (unpaired) electrons. The molecular formula is C11H8N4O. The van der Waals surface area contributed by atoms with Crippen molar-refractivity contribution in [1.29, 1.82) is 5.26 Å². The third-order valence-electron chi connectivity index (χ3n) is 2.12. The van der Waals surface area contributed by atoms with E-state index in [0.29, 0.717) is 0 Å². The normalized spacial score (nSPS) is 9.69. The van der Waals surface area contributed by atoms with Crippen LogP contribution in [-0.4, -0.2) is 15.1 Å². The summed E-state index contributed by atoms with van der Waals surface area (Å²) in [7, 11) is 0. The monoisotopic (exact) mass is 212 g/mol. The number of nitrogens with two attached hydrogens (primary N) is 1. The summed E-state index contributed by atoms with van der Waals surface area (Å²) in [5.74, 6) is 0.137. The fourth-order valence-electron chi connectivity index (χ4n) is 1.29. The maximum atomic E-state index is 9.52. The molecule has 0 spiro atoms. The predicted molar refractivity (Wildman–Crippen MR) is 58.3 cm³/mol. The van der Waals surface area contributed by atoms with E-state index in [1.807, 2.05) is 6.07 Å². The minimum Gasteiger partial charge on any atom is -0.507 e. The molecule has 0 aliphatic carbocycles. The van der Waals surface area contributed by atoms with E-state index in [-0.39, 0.29) is 17.3 Å². The number of aromatic nitrogens is 2. The molecule has 2 rings (SSSR count). The van der Waals surface area contributed by atoms with Crippen molar-refractivity contribution in [3.63, 3.8) is 0 Å². The highest BCUT2D eigenvalue weighted by Crippen LogP contribution is 2.25. The van der Waals surface area contributed by atoms with Crippen LogP contribution in [0.1, 0.15) is 5.56 Å². The fourth-order valence-corrected chi connectivity index (χ4v) is 1.29. The van der Waals surface area contributed by atoms with Crippen molar-refractivity contribution in [3.8, 4) is 22.9 Å². The number of rotatable bonds is 1. The Labute approximate surface area is 91.8 Å². The summed E-state index contributed by atoms with van der Waals surface area (Å²) in [6.45, 7) is 0. The zero-order valence-electron chi connectivity index (χ0n) is 8.25. The predicted octanol–water partition coefficient (Wildman–Crippen LogP) is 1.30. The number of nitriles is 1. The van der Waals surface area contributed by atoms with Gasteiger partial charge in [-0.1, -0.05) is 6.07 Å². The molecular weight excluding hydrogens is 204 g/mol. The molecule has 0 bridgehead atoms. The van der Waals surface area contributed by atoms with E-state index < -0.39 is 0 Å². The summed E-state index contributed by atoms with van der Waals surface area (Å²) in [6.07, 6.45) is 3.12. The average Bonchev–Trinajstić information content (AvgIpc) is 2.30. The van der Waals surface area contributed by atoms with Crippen molar-refractivity contribution in [2.75, 3.05) is 5.73 Å². The number of hydrogen-bond acceptors (Lipinski definition) is 5. The van der Waals surface area contributed by atoms with Gasteiger partial charge in [0.1, 0.15) is 11.8 Å². The van der Waals surface area contributed by atoms with E-state index >= 15 is 0 Å². The van der Waals surface area contributed by atoms with Gasteiger partial charge >= 0.3 is 0 Å². The van der Waals surface area contributed by atoms with Crippen LogP contribution in [0.25, 0.3) is 11.1 Å². The van der Waals surface area contributed by atoms with Gasteiger partial charge in [0.15, 0.2) is 0 Å². The summed E-state index contributed by atoms with van der Waals surface area (Å²) in [5, 5.41) is 18.2. The number of aromatic hydroxyl groups is 1. The molecule has 3 N–H and O–H groups in total. The molecule has 0 atom stereocenters. The van der Waals surface area contributed by atoms with Crippen LogP contribution in [0.15, 0.2) is 30.6 Å². The van der Waals surface area contributed by atoms with Gasteiger partial charge in [-0.25, -0.2) is 9.97 Å². The molecule has 0 unspecified atom stereocenters.